The van der Waals surface area contributed by atoms with Crippen LogP contribution in [0.1, 0.15) is 35.3 Å². The van der Waals surface area contributed by atoms with E-state index in [1.807, 2.05) is 0 Å². The number of halogens is 1. The van der Waals surface area contributed by atoms with E-state index in [1.54, 1.807) is 13.0 Å². The zero-order valence-corrected chi connectivity index (χ0v) is 11.3. The Balaban J connectivity index is 2.03. The van der Waals surface area contributed by atoms with Gasteiger partial charge < -0.3 is 10.4 Å². The van der Waals surface area contributed by atoms with E-state index in [0.717, 1.165) is 6.42 Å². The number of amides is 1. The number of carboxylic acid groups (broad SMARTS) is 1. The fourth-order valence-corrected chi connectivity index (χ4v) is 2.43. The Morgan fingerprint density at radius 3 is 2.63 bits per heavy atom. The minimum Gasteiger partial charge on any atom is -0.481 e. The quantitative estimate of drug-likeness (QED) is 0.828. The Labute approximate surface area is 116 Å². The van der Waals surface area contributed by atoms with Crippen LogP contribution in [0.5, 0.6) is 0 Å². The minimum absolute atomic E-state index is 0.153. The van der Waals surface area contributed by atoms with Crippen LogP contribution >= 0.6 is 11.6 Å². The molecular weight excluding hydrogens is 268 g/mol. The lowest BCUT2D eigenvalue weighted by Gasteiger charge is -2.37. The first kappa shape index (κ1) is 13.8. The third-order valence-electron chi connectivity index (χ3n) is 3.54. The van der Waals surface area contributed by atoms with Crippen LogP contribution in [0.2, 0.25) is 5.15 Å². The summed E-state index contributed by atoms with van der Waals surface area (Å²) in [5, 5.41) is 12.1. The molecule has 0 bridgehead atoms. The van der Waals surface area contributed by atoms with Crippen LogP contribution in [0.3, 0.4) is 0 Å². The van der Waals surface area contributed by atoms with Crippen molar-refractivity contribution in [1.82, 2.24) is 10.3 Å². The molecule has 0 aliphatic heterocycles. The van der Waals surface area contributed by atoms with Crippen LogP contribution in [0, 0.1) is 12.3 Å². The van der Waals surface area contributed by atoms with Gasteiger partial charge in [0, 0.05) is 17.8 Å². The summed E-state index contributed by atoms with van der Waals surface area (Å²) in [6.45, 7) is 1.90. The summed E-state index contributed by atoms with van der Waals surface area (Å²) in [7, 11) is 0. The second kappa shape index (κ2) is 5.17. The van der Waals surface area contributed by atoms with E-state index in [1.165, 1.54) is 6.07 Å². The summed E-state index contributed by atoms with van der Waals surface area (Å²) in [5.41, 5.74) is 0.258. The van der Waals surface area contributed by atoms with E-state index in [4.69, 9.17) is 11.6 Å². The molecule has 2 rings (SSSR count). The lowest BCUT2D eigenvalue weighted by atomic mass is 9.69. The van der Waals surface area contributed by atoms with E-state index >= 15 is 0 Å². The van der Waals surface area contributed by atoms with Crippen molar-refractivity contribution in [3.8, 4) is 0 Å². The molecule has 19 heavy (non-hydrogen) atoms. The summed E-state index contributed by atoms with van der Waals surface area (Å²) in [4.78, 5) is 27.1. The van der Waals surface area contributed by atoms with Crippen molar-refractivity contribution in [1.29, 1.82) is 0 Å². The summed E-state index contributed by atoms with van der Waals surface area (Å²) in [6, 6.07) is 3.09. The van der Waals surface area contributed by atoms with Gasteiger partial charge in [0.25, 0.3) is 5.91 Å². The summed E-state index contributed by atoms with van der Waals surface area (Å²) >= 11 is 5.79. The van der Waals surface area contributed by atoms with Gasteiger partial charge in [-0.1, -0.05) is 18.0 Å². The number of aryl methyl sites for hydroxylation is 1. The van der Waals surface area contributed by atoms with Crippen molar-refractivity contribution in [3.63, 3.8) is 0 Å². The number of aliphatic carboxylic acids is 1. The highest BCUT2D eigenvalue weighted by Gasteiger charge is 2.44. The molecule has 1 aromatic rings. The average molecular weight is 283 g/mol. The van der Waals surface area contributed by atoms with E-state index < -0.39 is 11.4 Å². The average Bonchev–Trinajstić information content (AvgIpc) is 2.25. The fourth-order valence-electron chi connectivity index (χ4n) is 2.18. The van der Waals surface area contributed by atoms with E-state index in [-0.39, 0.29) is 17.6 Å². The standard InChI is InChI=1S/C13H15ClN2O3/c1-8-5-9(6-10(14)16-8)11(17)15-7-13(12(18)19)3-2-4-13/h5-6H,2-4,7H2,1H3,(H,15,17)(H,18,19). The molecule has 1 fully saturated rings. The molecule has 1 amide bonds. The van der Waals surface area contributed by atoms with Gasteiger partial charge in [-0.15, -0.1) is 0 Å². The minimum atomic E-state index is -0.844. The number of aromatic nitrogens is 1. The lowest BCUT2D eigenvalue weighted by molar-refractivity contribution is -0.153. The Morgan fingerprint density at radius 2 is 2.16 bits per heavy atom. The molecule has 0 radical (unpaired) electrons. The predicted molar refractivity (Wildman–Crippen MR) is 70.2 cm³/mol. The van der Waals surface area contributed by atoms with E-state index in [0.29, 0.717) is 24.1 Å². The molecular formula is C13H15ClN2O3. The zero-order valence-electron chi connectivity index (χ0n) is 10.6. The van der Waals surface area contributed by atoms with Crippen LogP contribution in [0.25, 0.3) is 0 Å². The summed E-state index contributed by atoms with van der Waals surface area (Å²) in [6.07, 6.45) is 2.11. The van der Waals surface area contributed by atoms with Gasteiger partial charge in [-0.25, -0.2) is 4.98 Å². The van der Waals surface area contributed by atoms with Crippen molar-refractivity contribution in [3.05, 3.63) is 28.5 Å². The molecule has 0 atom stereocenters. The smallest absolute Gasteiger partial charge is 0.311 e. The molecule has 0 unspecified atom stereocenters. The van der Waals surface area contributed by atoms with Crippen molar-refractivity contribution < 1.29 is 14.7 Å². The molecule has 5 nitrogen and oxygen atoms in total. The maximum absolute atomic E-state index is 12.0. The first-order chi connectivity index (χ1) is 8.93. The van der Waals surface area contributed by atoms with Crippen molar-refractivity contribution in [2.75, 3.05) is 6.54 Å². The molecule has 102 valence electrons. The number of carboxylic acids is 1. The Morgan fingerprint density at radius 1 is 1.47 bits per heavy atom. The molecule has 0 spiro atoms. The van der Waals surface area contributed by atoms with Crippen LogP contribution in [0.15, 0.2) is 12.1 Å². The van der Waals surface area contributed by atoms with Crippen molar-refractivity contribution in [2.24, 2.45) is 5.41 Å². The SMILES string of the molecule is Cc1cc(C(=O)NCC2(C(=O)O)CCC2)cc(Cl)n1. The number of nitrogens with one attached hydrogen (secondary N) is 1. The first-order valence-electron chi connectivity index (χ1n) is 6.09. The number of carbonyl (C=O) groups excluding carboxylic acids is 1. The highest BCUT2D eigenvalue weighted by Crippen LogP contribution is 2.40. The van der Waals surface area contributed by atoms with Gasteiger partial charge in [0.15, 0.2) is 0 Å². The van der Waals surface area contributed by atoms with E-state index in [9.17, 15) is 14.7 Å². The van der Waals surface area contributed by atoms with Gasteiger partial charge >= 0.3 is 5.97 Å². The number of hydrogen-bond donors (Lipinski definition) is 2. The van der Waals surface area contributed by atoms with Gasteiger partial charge in [-0.2, -0.15) is 0 Å². The van der Waals surface area contributed by atoms with Crippen LogP contribution in [-0.2, 0) is 4.79 Å². The molecule has 0 saturated heterocycles. The largest absolute Gasteiger partial charge is 0.481 e. The Kier molecular flexibility index (Phi) is 3.75. The van der Waals surface area contributed by atoms with Gasteiger partial charge in [0.1, 0.15) is 5.15 Å². The first-order valence-corrected chi connectivity index (χ1v) is 6.46. The van der Waals surface area contributed by atoms with E-state index in [2.05, 4.69) is 10.3 Å². The molecule has 1 heterocycles. The highest BCUT2D eigenvalue weighted by molar-refractivity contribution is 6.29. The van der Waals surface area contributed by atoms with Crippen LogP contribution < -0.4 is 5.32 Å². The van der Waals surface area contributed by atoms with Crippen molar-refractivity contribution in [2.45, 2.75) is 26.2 Å². The molecule has 6 heteroatoms. The Hall–Kier alpha value is -1.62. The van der Waals surface area contributed by atoms with Gasteiger partial charge in [-0.05, 0) is 31.9 Å². The highest BCUT2D eigenvalue weighted by atomic mass is 35.5. The normalized spacial score (nSPS) is 16.5. The number of hydrogen-bond acceptors (Lipinski definition) is 3. The number of rotatable bonds is 4. The lowest BCUT2D eigenvalue weighted by Crippen LogP contribution is -2.47. The summed E-state index contributed by atoms with van der Waals surface area (Å²) < 4.78 is 0. The monoisotopic (exact) mass is 282 g/mol. The van der Waals surface area contributed by atoms with Gasteiger partial charge in [0.2, 0.25) is 0 Å². The molecule has 2 N–H and O–H groups in total. The van der Waals surface area contributed by atoms with Gasteiger partial charge in [-0.3, -0.25) is 9.59 Å². The number of pyridine rings is 1. The van der Waals surface area contributed by atoms with Gasteiger partial charge in [0.05, 0.1) is 5.41 Å². The predicted octanol–water partition coefficient (Wildman–Crippen LogP) is 2.03. The molecule has 0 aromatic carbocycles. The number of carbonyl (C=O) groups is 2. The van der Waals surface area contributed by atoms with Crippen LogP contribution in [0.4, 0.5) is 0 Å². The maximum Gasteiger partial charge on any atom is 0.311 e. The summed E-state index contributed by atoms with van der Waals surface area (Å²) in [5.74, 6) is -1.16. The molecule has 1 aromatic heterocycles. The fraction of sp³-hybridized carbons (Fsp3) is 0.462. The second-order valence-electron chi connectivity index (χ2n) is 4.94. The third-order valence-corrected chi connectivity index (χ3v) is 3.73. The molecule has 1 saturated carbocycles. The number of nitrogens with zero attached hydrogens (tertiary/aromatic N) is 1. The van der Waals surface area contributed by atoms with Crippen molar-refractivity contribution >= 4 is 23.5 Å². The molecule has 1 aliphatic rings. The van der Waals surface area contributed by atoms with Crippen LogP contribution in [-0.4, -0.2) is 28.5 Å². The third kappa shape index (κ3) is 2.87. The maximum atomic E-state index is 12.0. The Bertz CT molecular complexity index is 506. The topological polar surface area (TPSA) is 79.3 Å². The molecule has 1 aliphatic carbocycles. The zero-order chi connectivity index (χ0) is 14.0. The second-order valence-corrected chi connectivity index (χ2v) is 5.33.